The Morgan fingerprint density at radius 2 is 1.83 bits per heavy atom. The Hall–Kier alpha value is -2.35. The van der Waals surface area contributed by atoms with Gasteiger partial charge in [0.1, 0.15) is 5.75 Å². The second kappa shape index (κ2) is 5.32. The molecule has 0 aliphatic rings. The fourth-order valence-electron chi connectivity index (χ4n) is 1.61. The number of ketones is 1. The molecular formula is C16H14O2. The number of aryl methyl sites for hydroxylation is 1. The van der Waals surface area contributed by atoms with E-state index < -0.39 is 0 Å². The molecule has 2 aromatic carbocycles. The Morgan fingerprint density at radius 3 is 2.50 bits per heavy atom. The third-order valence-corrected chi connectivity index (χ3v) is 2.63. The Kier molecular flexibility index (Phi) is 3.58. The van der Waals surface area contributed by atoms with Crippen molar-refractivity contribution in [2.75, 3.05) is 0 Å². The highest BCUT2D eigenvalue weighted by molar-refractivity contribution is 6.06. The van der Waals surface area contributed by atoms with Gasteiger partial charge in [-0.05, 0) is 30.7 Å². The highest BCUT2D eigenvalue weighted by Crippen LogP contribution is 2.13. The summed E-state index contributed by atoms with van der Waals surface area (Å²) in [6, 6.07) is 14.2. The van der Waals surface area contributed by atoms with Gasteiger partial charge < -0.3 is 5.11 Å². The van der Waals surface area contributed by atoms with Crippen molar-refractivity contribution >= 4 is 11.9 Å². The zero-order chi connectivity index (χ0) is 13.0. The van der Waals surface area contributed by atoms with Gasteiger partial charge in [0.25, 0.3) is 0 Å². The monoisotopic (exact) mass is 238 g/mol. The number of benzene rings is 2. The topological polar surface area (TPSA) is 37.3 Å². The van der Waals surface area contributed by atoms with Gasteiger partial charge in [-0.1, -0.05) is 48.0 Å². The van der Waals surface area contributed by atoms with Crippen molar-refractivity contribution in [3.63, 3.8) is 0 Å². The molecule has 0 aliphatic heterocycles. The molecule has 18 heavy (non-hydrogen) atoms. The van der Waals surface area contributed by atoms with Crippen LogP contribution in [0.25, 0.3) is 6.08 Å². The molecule has 0 heterocycles. The number of carbonyl (C=O) groups is 1. The average Bonchev–Trinajstić information content (AvgIpc) is 2.37. The van der Waals surface area contributed by atoms with Gasteiger partial charge in [0.05, 0.1) is 0 Å². The maximum Gasteiger partial charge on any atom is 0.185 e. The Bertz CT molecular complexity index is 580. The average molecular weight is 238 g/mol. The molecule has 2 nitrogen and oxygen atoms in total. The van der Waals surface area contributed by atoms with Gasteiger partial charge in [-0.2, -0.15) is 0 Å². The molecule has 2 heteroatoms. The molecule has 2 rings (SSSR count). The van der Waals surface area contributed by atoms with E-state index >= 15 is 0 Å². The van der Waals surface area contributed by atoms with Crippen LogP contribution in [-0.4, -0.2) is 10.9 Å². The Labute approximate surface area is 106 Å². The van der Waals surface area contributed by atoms with Crippen LogP contribution in [0.4, 0.5) is 0 Å². The number of allylic oxidation sites excluding steroid dienone is 1. The second-order valence-corrected chi connectivity index (χ2v) is 4.16. The minimum atomic E-state index is -0.0432. The van der Waals surface area contributed by atoms with Crippen LogP contribution in [0, 0.1) is 6.92 Å². The zero-order valence-corrected chi connectivity index (χ0v) is 10.1. The van der Waals surface area contributed by atoms with Crippen LogP contribution in [-0.2, 0) is 0 Å². The molecule has 90 valence electrons. The SMILES string of the molecule is Cc1ccc(C(=O)C=Cc2cccc(O)c2)cc1. The molecule has 0 aromatic heterocycles. The van der Waals surface area contributed by atoms with Crippen molar-refractivity contribution in [3.05, 3.63) is 71.3 Å². The summed E-state index contributed by atoms with van der Waals surface area (Å²) in [5.41, 5.74) is 2.59. The van der Waals surface area contributed by atoms with Crippen molar-refractivity contribution in [2.24, 2.45) is 0 Å². The van der Waals surface area contributed by atoms with Crippen molar-refractivity contribution in [1.82, 2.24) is 0 Å². The van der Waals surface area contributed by atoms with Crippen LogP contribution < -0.4 is 0 Å². The van der Waals surface area contributed by atoms with E-state index in [0.717, 1.165) is 11.1 Å². The first-order chi connectivity index (χ1) is 8.65. The number of carbonyl (C=O) groups excluding carboxylic acids is 1. The van der Waals surface area contributed by atoms with Gasteiger partial charge >= 0.3 is 0 Å². The summed E-state index contributed by atoms with van der Waals surface area (Å²) in [6.07, 6.45) is 3.21. The van der Waals surface area contributed by atoms with Crippen LogP contribution in [0.3, 0.4) is 0 Å². The zero-order valence-electron chi connectivity index (χ0n) is 10.1. The van der Waals surface area contributed by atoms with Crippen molar-refractivity contribution in [3.8, 4) is 5.75 Å². The molecule has 0 radical (unpaired) electrons. The number of rotatable bonds is 3. The lowest BCUT2D eigenvalue weighted by Gasteiger charge is -1.97. The predicted octanol–water partition coefficient (Wildman–Crippen LogP) is 3.60. The van der Waals surface area contributed by atoms with Crippen molar-refractivity contribution in [1.29, 1.82) is 0 Å². The first-order valence-electron chi connectivity index (χ1n) is 5.73. The van der Waals surface area contributed by atoms with Gasteiger partial charge in [-0.15, -0.1) is 0 Å². The fraction of sp³-hybridized carbons (Fsp3) is 0.0625. The van der Waals surface area contributed by atoms with Crippen LogP contribution in [0.1, 0.15) is 21.5 Å². The molecule has 2 aromatic rings. The van der Waals surface area contributed by atoms with E-state index in [2.05, 4.69) is 0 Å². The van der Waals surface area contributed by atoms with Crippen molar-refractivity contribution in [2.45, 2.75) is 6.92 Å². The summed E-state index contributed by atoms with van der Waals surface area (Å²) in [7, 11) is 0. The molecule has 0 saturated carbocycles. The number of aromatic hydroxyl groups is 1. The summed E-state index contributed by atoms with van der Waals surface area (Å²) in [6.45, 7) is 1.98. The molecule has 1 N–H and O–H groups in total. The highest BCUT2D eigenvalue weighted by Gasteiger charge is 2.00. The lowest BCUT2D eigenvalue weighted by Crippen LogP contribution is -1.93. The van der Waals surface area contributed by atoms with E-state index in [4.69, 9.17) is 0 Å². The van der Waals surface area contributed by atoms with E-state index in [-0.39, 0.29) is 11.5 Å². The molecule has 0 unspecified atom stereocenters. The van der Waals surface area contributed by atoms with E-state index in [0.29, 0.717) is 5.56 Å². The lowest BCUT2D eigenvalue weighted by atomic mass is 10.1. The predicted molar refractivity (Wildman–Crippen MR) is 72.7 cm³/mol. The summed E-state index contributed by atoms with van der Waals surface area (Å²) in [5.74, 6) is 0.151. The molecule has 0 amide bonds. The summed E-state index contributed by atoms with van der Waals surface area (Å²) >= 11 is 0. The van der Waals surface area contributed by atoms with E-state index in [9.17, 15) is 9.90 Å². The maximum atomic E-state index is 11.9. The quantitative estimate of drug-likeness (QED) is 0.655. The third kappa shape index (κ3) is 3.08. The lowest BCUT2D eigenvalue weighted by molar-refractivity contribution is 0.104. The highest BCUT2D eigenvalue weighted by atomic mass is 16.3. The molecule has 0 aliphatic carbocycles. The number of phenols is 1. The first-order valence-corrected chi connectivity index (χ1v) is 5.73. The van der Waals surface area contributed by atoms with E-state index in [1.807, 2.05) is 37.3 Å². The first kappa shape index (κ1) is 12.1. The van der Waals surface area contributed by atoms with Crippen LogP contribution in [0.15, 0.2) is 54.6 Å². The van der Waals surface area contributed by atoms with Gasteiger partial charge in [0, 0.05) is 5.56 Å². The van der Waals surface area contributed by atoms with Crippen LogP contribution in [0.5, 0.6) is 5.75 Å². The minimum Gasteiger partial charge on any atom is -0.508 e. The number of phenolic OH excluding ortho intramolecular Hbond substituents is 1. The van der Waals surface area contributed by atoms with Crippen LogP contribution in [0.2, 0.25) is 0 Å². The van der Waals surface area contributed by atoms with E-state index in [1.165, 1.54) is 6.08 Å². The Balaban J connectivity index is 2.14. The second-order valence-electron chi connectivity index (χ2n) is 4.16. The van der Waals surface area contributed by atoms with Gasteiger partial charge in [0.2, 0.25) is 0 Å². The molecule has 0 atom stereocenters. The molecule has 0 spiro atoms. The summed E-state index contributed by atoms with van der Waals surface area (Å²) < 4.78 is 0. The minimum absolute atomic E-state index is 0.0432. The van der Waals surface area contributed by atoms with Crippen LogP contribution >= 0.6 is 0 Å². The maximum absolute atomic E-state index is 11.9. The standard InChI is InChI=1S/C16H14O2/c1-12-5-8-14(9-6-12)16(18)10-7-13-3-2-4-15(17)11-13/h2-11,17H,1H3. The van der Waals surface area contributed by atoms with Gasteiger partial charge in [-0.25, -0.2) is 0 Å². The number of hydrogen-bond donors (Lipinski definition) is 1. The largest absolute Gasteiger partial charge is 0.508 e. The molecule has 0 saturated heterocycles. The number of hydrogen-bond acceptors (Lipinski definition) is 2. The van der Waals surface area contributed by atoms with E-state index in [1.54, 1.807) is 24.3 Å². The summed E-state index contributed by atoms with van der Waals surface area (Å²) in [4.78, 5) is 11.9. The normalized spacial score (nSPS) is 10.7. The molecular weight excluding hydrogens is 224 g/mol. The third-order valence-electron chi connectivity index (χ3n) is 2.63. The molecule has 0 bridgehead atoms. The smallest absolute Gasteiger partial charge is 0.185 e. The molecule has 0 fully saturated rings. The van der Waals surface area contributed by atoms with Crippen molar-refractivity contribution < 1.29 is 9.90 Å². The Morgan fingerprint density at radius 1 is 1.11 bits per heavy atom. The van der Waals surface area contributed by atoms with Gasteiger partial charge in [-0.3, -0.25) is 4.79 Å². The summed E-state index contributed by atoms with van der Waals surface area (Å²) in [5, 5.41) is 9.31. The fourth-order valence-corrected chi connectivity index (χ4v) is 1.61. The van der Waals surface area contributed by atoms with Gasteiger partial charge in [0.15, 0.2) is 5.78 Å².